The summed E-state index contributed by atoms with van der Waals surface area (Å²) in [5, 5.41) is 6.92. The molecule has 17 heavy (non-hydrogen) atoms. The normalized spacial score (nSPS) is 11.8. The van der Waals surface area contributed by atoms with Crippen molar-refractivity contribution in [3.05, 3.63) is 35.4 Å². The molecule has 1 rings (SSSR count). The van der Waals surface area contributed by atoms with Crippen LogP contribution in [0.1, 0.15) is 31.9 Å². The monoisotopic (exact) mass is 234 g/mol. The average molecular weight is 234 g/mol. The Hall–Kier alpha value is -0.860. The molecule has 0 saturated heterocycles. The van der Waals surface area contributed by atoms with E-state index in [0.29, 0.717) is 0 Å². The number of nitrogens with one attached hydrogen (secondary N) is 2. The largest absolute Gasteiger partial charge is 0.315 e. The Labute approximate surface area is 106 Å². The molecule has 1 aromatic carbocycles. The van der Waals surface area contributed by atoms with Gasteiger partial charge in [0.15, 0.2) is 0 Å². The second kappa shape index (κ2) is 6.77. The summed E-state index contributed by atoms with van der Waals surface area (Å²) in [6.45, 7) is 11.8. The smallest absolute Gasteiger partial charge is 0.00970 e. The van der Waals surface area contributed by atoms with Crippen molar-refractivity contribution >= 4 is 0 Å². The lowest BCUT2D eigenvalue weighted by atomic mass is 10.1. The highest BCUT2D eigenvalue weighted by Gasteiger charge is 2.06. The third kappa shape index (κ3) is 7.14. The summed E-state index contributed by atoms with van der Waals surface area (Å²) >= 11 is 0. The molecule has 2 N–H and O–H groups in total. The van der Waals surface area contributed by atoms with E-state index in [2.05, 4.69) is 62.6 Å². The summed E-state index contributed by atoms with van der Waals surface area (Å²) in [4.78, 5) is 0. The van der Waals surface area contributed by atoms with Gasteiger partial charge in [-0.1, -0.05) is 29.8 Å². The van der Waals surface area contributed by atoms with E-state index in [1.165, 1.54) is 11.1 Å². The van der Waals surface area contributed by atoms with E-state index in [4.69, 9.17) is 0 Å². The molecule has 0 aliphatic heterocycles. The molecule has 2 nitrogen and oxygen atoms in total. The Bertz CT molecular complexity index is 309. The van der Waals surface area contributed by atoms with Gasteiger partial charge >= 0.3 is 0 Å². The Morgan fingerprint density at radius 2 is 1.59 bits per heavy atom. The Morgan fingerprint density at radius 1 is 0.941 bits per heavy atom. The molecule has 0 unspecified atom stereocenters. The molecule has 0 atom stereocenters. The van der Waals surface area contributed by atoms with Crippen LogP contribution in [0, 0.1) is 6.92 Å². The molecule has 0 heterocycles. The van der Waals surface area contributed by atoms with Crippen LogP contribution in [0.3, 0.4) is 0 Å². The minimum absolute atomic E-state index is 0.221. The molecule has 0 amide bonds. The van der Waals surface area contributed by atoms with E-state index >= 15 is 0 Å². The number of benzene rings is 1. The lowest BCUT2D eigenvalue weighted by Crippen LogP contribution is -2.40. The first-order chi connectivity index (χ1) is 7.97. The van der Waals surface area contributed by atoms with Gasteiger partial charge in [0.05, 0.1) is 0 Å². The molecule has 0 spiro atoms. The van der Waals surface area contributed by atoms with Crippen molar-refractivity contribution in [1.29, 1.82) is 0 Å². The van der Waals surface area contributed by atoms with Crippen molar-refractivity contribution in [2.75, 3.05) is 19.6 Å². The number of hydrogen-bond donors (Lipinski definition) is 2. The molecule has 0 bridgehead atoms. The zero-order valence-corrected chi connectivity index (χ0v) is 11.6. The number of hydrogen-bond acceptors (Lipinski definition) is 2. The van der Waals surface area contributed by atoms with Crippen LogP contribution in [0.15, 0.2) is 24.3 Å². The van der Waals surface area contributed by atoms with Gasteiger partial charge in [0.25, 0.3) is 0 Å². The fraction of sp³-hybridized carbons (Fsp3) is 0.600. The Kier molecular flexibility index (Phi) is 5.66. The van der Waals surface area contributed by atoms with Crippen LogP contribution in [0.2, 0.25) is 0 Å². The topological polar surface area (TPSA) is 24.1 Å². The SMILES string of the molecule is Cc1ccc(CCNCCNC(C)(C)C)cc1. The van der Waals surface area contributed by atoms with Crippen LogP contribution >= 0.6 is 0 Å². The highest BCUT2D eigenvalue weighted by atomic mass is 15.0. The maximum Gasteiger partial charge on any atom is 0.00970 e. The van der Waals surface area contributed by atoms with Crippen LogP contribution in [0.5, 0.6) is 0 Å². The predicted molar refractivity (Wildman–Crippen MR) is 75.5 cm³/mol. The first kappa shape index (κ1) is 14.2. The standard InChI is InChI=1S/C15H26N2/c1-13-5-7-14(8-6-13)9-10-16-11-12-17-15(2,3)4/h5-8,16-17H,9-12H2,1-4H3. The van der Waals surface area contributed by atoms with Gasteiger partial charge in [0.1, 0.15) is 0 Å². The molecule has 1 aromatic rings. The Morgan fingerprint density at radius 3 is 2.18 bits per heavy atom. The zero-order valence-electron chi connectivity index (χ0n) is 11.6. The van der Waals surface area contributed by atoms with Gasteiger partial charge in [-0.15, -0.1) is 0 Å². The van der Waals surface area contributed by atoms with Gasteiger partial charge in [-0.2, -0.15) is 0 Å². The first-order valence-electron chi connectivity index (χ1n) is 6.49. The number of aryl methyl sites for hydroxylation is 1. The summed E-state index contributed by atoms with van der Waals surface area (Å²) < 4.78 is 0. The van der Waals surface area contributed by atoms with E-state index < -0.39 is 0 Å². The zero-order chi connectivity index (χ0) is 12.7. The van der Waals surface area contributed by atoms with Crippen molar-refractivity contribution in [1.82, 2.24) is 10.6 Å². The molecule has 0 radical (unpaired) electrons. The van der Waals surface area contributed by atoms with E-state index in [1.807, 2.05) is 0 Å². The van der Waals surface area contributed by atoms with Crippen LogP contribution < -0.4 is 10.6 Å². The summed E-state index contributed by atoms with van der Waals surface area (Å²) in [5.41, 5.74) is 2.96. The van der Waals surface area contributed by atoms with Gasteiger partial charge < -0.3 is 10.6 Å². The highest BCUT2D eigenvalue weighted by molar-refractivity contribution is 5.21. The molecule has 0 aromatic heterocycles. The molecular weight excluding hydrogens is 208 g/mol. The maximum atomic E-state index is 3.47. The average Bonchev–Trinajstić information content (AvgIpc) is 2.24. The quantitative estimate of drug-likeness (QED) is 0.739. The minimum Gasteiger partial charge on any atom is -0.315 e. The first-order valence-corrected chi connectivity index (χ1v) is 6.49. The van der Waals surface area contributed by atoms with Gasteiger partial charge in [-0.05, 0) is 46.2 Å². The molecule has 0 aliphatic carbocycles. The summed E-state index contributed by atoms with van der Waals surface area (Å²) in [6.07, 6.45) is 1.11. The second-order valence-electron chi connectivity index (χ2n) is 5.66. The fourth-order valence-corrected chi connectivity index (χ4v) is 1.64. The van der Waals surface area contributed by atoms with E-state index in [-0.39, 0.29) is 5.54 Å². The van der Waals surface area contributed by atoms with Crippen LogP contribution in [-0.2, 0) is 6.42 Å². The number of rotatable bonds is 6. The van der Waals surface area contributed by atoms with Crippen molar-refractivity contribution in [3.63, 3.8) is 0 Å². The molecule has 0 aliphatic rings. The third-order valence-electron chi connectivity index (χ3n) is 2.67. The molecule has 96 valence electrons. The third-order valence-corrected chi connectivity index (χ3v) is 2.67. The molecule has 0 fully saturated rings. The summed E-state index contributed by atoms with van der Waals surface area (Å²) in [6, 6.07) is 8.78. The molecule has 0 saturated carbocycles. The second-order valence-corrected chi connectivity index (χ2v) is 5.66. The highest BCUT2D eigenvalue weighted by Crippen LogP contribution is 2.03. The molecule has 2 heteroatoms. The summed E-state index contributed by atoms with van der Waals surface area (Å²) in [7, 11) is 0. The van der Waals surface area contributed by atoms with Crippen LogP contribution in [0.4, 0.5) is 0 Å². The van der Waals surface area contributed by atoms with Gasteiger partial charge in [0, 0.05) is 18.6 Å². The van der Waals surface area contributed by atoms with Gasteiger partial charge in [0.2, 0.25) is 0 Å². The summed E-state index contributed by atoms with van der Waals surface area (Å²) in [5.74, 6) is 0. The van der Waals surface area contributed by atoms with Crippen molar-refractivity contribution in [3.8, 4) is 0 Å². The van der Waals surface area contributed by atoms with Crippen molar-refractivity contribution in [2.45, 2.75) is 39.7 Å². The van der Waals surface area contributed by atoms with Gasteiger partial charge in [-0.25, -0.2) is 0 Å². The van der Waals surface area contributed by atoms with E-state index in [0.717, 1.165) is 26.1 Å². The lowest BCUT2D eigenvalue weighted by Gasteiger charge is -2.20. The van der Waals surface area contributed by atoms with Crippen LogP contribution in [0.25, 0.3) is 0 Å². The van der Waals surface area contributed by atoms with Crippen LogP contribution in [-0.4, -0.2) is 25.2 Å². The van der Waals surface area contributed by atoms with E-state index in [9.17, 15) is 0 Å². The minimum atomic E-state index is 0.221. The molecular formula is C15H26N2. The van der Waals surface area contributed by atoms with E-state index in [1.54, 1.807) is 0 Å². The lowest BCUT2D eigenvalue weighted by molar-refractivity contribution is 0.422. The predicted octanol–water partition coefficient (Wildman–Crippen LogP) is 2.52. The maximum absolute atomic E-state index is 3.47. The van der Waals surface area contributed by atoms with Gasteiger partial charge in [-0.3, -0.25) is 0 Å². The Balaban J connectivity index is 2.07. The fourth-order valence-electron chi connectivity index (χ4n) is 1.64. The van der Waals surface area contributed by atoms with Crippen molar-refractivity contribution in [2.24, 2.45) is 0 Å². The van der Waals surface area contributed by atoms with Crippen molar-refractivity contribution < 1.29 is 0 Å².